The first-order chi connectivity index (χ1) is 6.68. The van der Waals surface area contributed by atoms with Gasteiger partial charge in [-0.2, -0.15) is 0 Å². The summed E-state index contributed by atoms with van der Waals surface area (Å²) in [6, 6.07) is 2.46. The average Bonchev–Trinajstić information content (AvgIpc) is 2.17. The Morgan fingerprint density at radius 1 is 1.29 bits per heavy atom. The second-order valence-electron chi connectivity index (χ2n) is 2.82. The highest BCUT2D eigenvalue weighted by Crippen LogP contribution is 2.39. The number of carbonyl (C=O) groups is 1. The summed E-state index contributed by atoms with van der Waals surface area (Å²) in [6.07, 6.45) is 0. The van der Waals surface area contributed by atoms with Crippen LogP contribution in [0.15, 0.2) is 12.1 Å². The molecule has 0 bridgehead atoms. The SMILES string of the molecule is O=C(O)c1cc(O)c2c(c1)OCCO2. The minimum absolute atomic E-state index is 0.0215. The van der Waals surface area contributed by atoms with Gasteiger partial charge in [0.15, 0.2) is 11.5 Å². The van der Waals surface area contributed by atoms with Crippen molar-refractivity contribution in [2.75, 3.05) is 13.2 Å². The van der Waals surface area contributed by atoms with Crippen LogP contribution < -0.4 is 9.47 Å². The number of hydrogen-bond donors (Lipinski definition) is 2. The second-order valence-corrected chi connectivity index (χ2v) is 2.82. The zero-order chi connectivity index (χ0) is 10.1. The lowest BCUT2D eigenvalue weighted by Gasteiger charge is -2.19. The normalized spacial score (nSPS) is 13.7. The van der Waals surface area contributed by atoms with Gasteiger partial charge in [-0.05, 0) is 12.1 Å². The van der Waals surface area contributed by atoms with Crippen molar-refractivity contribution in [1.29, 1.82) is 0 Å². The molecule has 1 aliphatic heterocycles. The highest BCUT2D eigenvalue weighted by molar-refractivity contribution is 5.89. The van der Waals surface area contributed by atoms with Crippen LogP contribution in [0.4, 0.5) is 0 Å². The molecule has 0 saturated carbocycles. The van der Waals surface area contributed by atoms with Crippen molar-refractivity contribution < 1.29 is 24.5 Å². The van der Waals surface area contributed by atoms with Crippen molar-refractivity contribution in [2.45, 2.75) is 0 Å². The minimum atomic E-state index is -1.11. The third kappa shape index (κ3) is 1.32. The van der Waals surface area contributed by atoms with Crippen LogP contribution in [0.3, 0.4) is 0 Å². The van der Waals surface area contributed by atoms with E-state index in [4.69, 9.17) is 14.6 Å². The van der Waals surface area contributed by atoms with E-state index in [0.29, 0.717) is 13.2 Å². The Kier molecular flexibility index (Phi) is 1.92. The standard InChI is InChI=1S/C9H8O5/c10-6-3-5(9(11)12)4-7-8(6)14-2-1-13-7/h3-4,10H,1-2H2,(H,11,12). The number of fused-ring (bicyclic) bond motifs is 1. The molecule has 14 heavy (non-hydrogen) atoms. The smallest absolute Gasteiger partial charge is 0.335 e. The lowest BCUT2D eigenvalue weighted by atomic mass is 10.2. The van der Waals surface area contributed by atoms with Gasteiger partial charge in [0.05, 0.1) is 5.56 Å². The predicted molar refractivity (Wildman–Crippen MR) is 46.1 cm³/mol. The molecule has 2 rings (SSSR count). The summed E-state index contributed by atoms with van der Waals surface area (Å²) in [5.41, 5.74) is -0.0215. The molecule has 74 valence electrons. The van der Waals surface area contributed by atoms with Gasteiger partial charge in [0, 0.05) is 0 Å². The molecule has 1 aromatic carbocycles. The van der Waals surface area contributed by atoms with Crippen LogP contribution in [0.1, 0.15) is 10.4 Å². The predicted octanol–water partition coefficient (Wildman–Crippen LogP) is 0.862. The summed E-state index contributed by atoms with van der Waals surface area (Å²) in [5, 5.41) is 18.1. The molecule has 0 unspecified atom stereocenters. The van der Waals surface area contributed by atoms with E-state index in [9.17, 15) is 9.90 Å². The largest absolute Gasteiger partial charge is 0.504 e. The number of hydrogen-bond acceptors (Lipinski definition) is 4. The van der Waals surface area contributed by atoms with E-state index < -0.39 is 5.97 Å². The third-order valence-corrected chi connectivity index (χ3v) is 1.87. The molecular weight excluding hydrogens is 188 g/mol. The van der Waals surface area contributed by atoms with Gasteiger partial charge in [-0.1, -0.05) is 0 Å². The molecule has 0 amide bonds. The number of rotatable bonds is 1. The molecule has 0 radical (unpaired) electrons. The van der Waals surface area contributed by atoms with Crippen molar-refractivity contribution in [3.05, 3.63) is 17.7 Å². The van der Waals surface area contributed by atoms with Crippen molar-refractivity contribution >= 4 is 5.97 Å². The van der Waals surface area contributed by atoms with Gasteiger partial charge in [-0.3, -0.25) is 0 Å². The fourth-order valence-electron chi connectivity index (χ4n) is 1.26. The molecule has 0 saturated heterocycles. The maximum absolute atomic E-state index is 10.6. The Hall–Kier alpha value is -1.91. The molecule has 0 spiro atoms. The van der Waals surface area contributed by atoms with Gasteiger partial charge in [-0.15, -0.1) is 0 Å². The van der Waals surface area contributed by atoms with Gasteiger partial charge in [0.2, 0.25) is 5.75 Å². The van der Waals surface area contributed by atoms with E-state index in [2.05, 4.69) is 0 Å². The molecule has 0 aliphatic carbocycles. The van der Waals surface area contributed by atoms with E-state index in [0.717, 1.165) is 6.07 Å². The molecule has 0 atom stereocenters. The quantitative estimate of drug-likeness (QED) is 0.696. The molecule has 1 aliphatic rings. The summed E-state index contributed by atoms with van der Waals surface area (Å²) in [7, 11) is 0. The van der Waals surface area contributed by atoms with E-state index in [-0.39, 0.29) is 22.8 Å². The maximum Gasteiger partial charge on any atom is 0.335 e. The van der Waals surface area contributed by atoms with Crippen LogP contribution in [-0.2, 0) is 0 Å². The van der Waals surface area contributed by atoms with Crippen molar-refractivity contribution in [3.8, 4) is 17.2 Å². The van der Waals surface area contributed by atoms with E-state index in [1.165, 1.54) is 6.07 Å². The molecule has 5 heteroatoms. The zero-order valence-corrected chi connectivity index (χ0v) is 7.19. The first-order valence-electron chi connectivity index (χ1n) is 4.04. The Morgan fingerprint density at radius 3 is 2.71 bits per heavy atom. The fraction of sp³-hybridized carbons (Fsp3) is 0.222. The summed E-state index contributed by atoms with van der Waals surface area (Å²) >= 11 is 0. The Morgan fingerprint density at radius 2 is 2.00 bits per heavy atom. The fourth-order valence-corrected chi connectivity index (χ4v) is 1.26. The monoisotopic (exact) mass is 196 g/mol. The Balaban J connectivity index is 2.51. The zero-order valence-electron chi connectivity index (χ0n) is 7.19. The van der Waals surface area contributed by atoms with E-state index >= 15 is 0 Å². The number of ether oxygens (including phenoxy) is 2. The van der Waals surface area contributed by atoms with Crippen LogP contribution in [0.25, 0.3) is 0 Å². The van der Waals surface area contributed by atoms with Crippen molar-refractivity contribution in [3.63, 3.8) is 0 Å². The molecule has 5 nitrogen and oxygen atoms in total. The number of benzene rings is 1. The average molecular weight is 196 g/mol. The lowest BCUT2D eigenvalue weighted by Crippen LogP contribution is -2.16. The maximum atomic E-state index is 10.6. The molecule has 1 aromatic rings. The van der Waals surface area contributed by atoms with Crippen LogP contribution in [-0.4, -0.2) is 29.4 Å². The number of aromatic carboxylic acids is 1. The summed E-state index contributed by atoms with van der Waals surface area (Å²) < 4.78 is 10.3. The van der Waals surface area contributed by atoms with Crippen LogP contribution >= 0.6 is 0 Å². The van der Waals surface area contributed by atoms with Crippen LogP contribution in [0.2, 0.25) is 0 Å². The molecule has 0 fully saturated rings. The summed E-state index contributed by atoms with van der Waals surface area (Å²) in [5.74, 6) is -0.841. The molecule has 1 heterocycles. The topological polar surface area (TPSA) is 76.0 Å². The summed E-state index contributed by atoms with van der Waals surface area (Å²) in [6.45, 7) is 0.711. The Labute approximate surface area is 79.5 Å². The van der Waals surface area contributed by atoms with Gasteiger partial charge < -0.3 is 19.7 Å². The second kappa shape index (κ2) is 3.10. The van der Waals surface area contributed by atoms with Crippen LogP contribution in [0.5, 0.6) is 17.2 Å². The molecule has 2 N–H and O–H groups in total. The van der Waals surface area contributed by atoms with Gasteiger partial charge in [-0.25, -0.2) is 4.79 Å². The molecular formula is C9H8O5. The van der Waals surface area contributed by atoms with Gasteiger partial charge >= 0.3 is 5.97 Å². The van der Waals surface area contributed by atoms with Crippen LogP contribution in [0, 0.1) is 0 Å². The van der Waals surface area contributed by atoms with E-state index in [1.807, 2.05) is 0 Å². The first kappa shape index (κ1) is 8.68. The highest BCUT2D eigenvalue weighted by atomic mass is 16.6. The number of phenols is 1. The summed E-state index contributed by atoms with van der Waals surface area (Å²) in [4.78, 5) is 10.6. The Bertz CT molecular complexity index is 385. The highest BCUT2D eigenvalue weighted by Gasteiger charge is 2.19. The van der Waals surface area contributed by atoms with Gasteiger partial charge in [0.25, 0.3) is 0 Å². The van der Waals surface area contributed by atoms with Crippen molar-refractivity contribution in [2.24, 2.45) is 0 Å². The first-order valence-corrected chi connectivity index (χ1v) is 4.04. The van der Waals surface area contributed by atoms with E-state index in [1.54, 1.807) is 0 Å². The third-order valence-electron chi connectivity index (χ3n) is 1.87. The minimum Gasteiger partial charge on any atom is -0.504 e. The number of carboxylic acids is 1. The lowest BCUT2D eigenvalue weighted by molar-refractivity contribution is 0.0695. The molecule has 0 aromatic heterocycles. The number of carboxylic acid groups (broad SMARTS) is 1. The van der Waals surface area contributed by atoms with Crippen molar-refractivity contribution in [1.82, 2.24) is 0 Å². The number of phenolic OH excluding ortho intramolecular Hbond substituents is 1. The number of aromatic hydroxyl groups is 1. The van der Waals surface area contributed by atoms with Gasteiger partial charge in [0.1, 0.15) is 13.2 Å².